The highest BCUT2D eigenvalue weighted by Gasteiger charge is 2.50. The Hall–Kier alpha value is -5.03. The Morgan fingerprint density at radius 2 is 1.63 bits per heavy atom. The number of aromatic hydroxyl groups is 2. The second kappa shape index (κ2) is 20.1. The SMILES string of the molecule is CO[C@H]1/C=C/OC2(C)Oc3c(C)c(O)c4c(O)c(c5c(c4c3C2=O)=NC2(CCN(CC(C)C)CC2)N=5)NC(=O)/C(C)=C\C=C\C(C)C[C@@H](C)C(O)[C@@H](C)C(OC(=O)N2CCC(N(C)C)CC2)[C@@H]1C. The van der Waals surface area contributed by atoms with Crippen LogP contribution in [0.1, 0.15) is 103 Å². The van der Waals surface area contributed by atoms with Crippen LogP contribution in [-0.2, 0) is 19.0 Å². The van der Waals surface area contributed by atoms with Crippen molar-refractivity contribution in [3.05, 3.63) is 58.0 Å². The molecule has 2 amide bonds. The number of phenols is 2. The first-order chi connectivity index (χ1) is 32.1. The molecule has 2 aromatic rings. The van der Waals surface area contributed by atoms with E-state index in [1.165, 1.54) is 20.3 Å². The lowest BCUT2D eigenvalue weighted by molar-refractivity contribution is -0.112. The Balaban J connectivity index is 1.32. The van der Waals surface area contributed by atoms with Crippen LogP contribution in [0.15, 0.2) is 46.1 Å². The largest absolute Gasteiger partial charge is 0.507 e. The van der Waals surface area contributed by atoms with Crippen molar-refractivity contribution in [1.29, 1.82) is 0 Å². The molecule has 0 aliphatic carbocycles. The average molecular weight is 943 g/mol. The van der Waals surface area contributed by atoms with E-state index in [2.05, 4.69) is 29.0 Å². The van der Waals surface area contributed by atoms with Crippen LogP contribution in [0, 0.1) is 36.5 Å². The van der Waals surface area contributed by atoms with Gasteiger partial charge in [0.05, 0.1) is 34.8 Å². The Morgan fingerprint density at radius 1 is 0.971 bits per heavy atom. The number of benzene rings is 2. The number of carbonyl (C=O) groups is 3. The zero-order valence-corrected chi connectivity index (χ0v) is 42.1. The molecular formula is C52H74N6O10. The summed E-state index contributed by atoms with van der Waals surface area (Å²) >= 11 is 0. The standard InChI is InChI=1S/C52H74N6O10/c1-28(2)27-57-23-19-52(20-24-57)54-40-37-38-44(60)34(8)47-39(37)48(62)51(9,68-47)66-25-18-36(65-12)32(6)46(67-50(64)58-21-16-35(17-22-58)56(10)11)33(7)43(59)31(5)26-29(3)14-13-15-30(4)49(63)53-42(45(38)61)41(40)55-52/h13-15,18,25,28-29,31-33,35-36,43,46,59-61H,16-17,19-24,26-27H2,1-12H3,(H,53,63)/b14-13+,25-18+,30-15-/t29?,31-,32-,33-,36+,43?,46?,51?/m1/s1. The number of nitrogens with one attached hydrogen (secondary N) is 1. The molecule has 0 radical (unpaired) electrons. The number of anilines is 1. The molecule has 4 N–H and O–H groups in total. The van der Waals surface area contributed by atoms with E-state index in [4.69, 9.17) is 28.9 Å². The van der Waals surface area contributed by atoms with Gasteiger partial charge in [0.1, 0.15) is 28.6 Å². The number of likely N-dealkylation sites (tertiary alicyclic amines) is 2. The first kappa shape index (κ1) is 50.8. The number of carbonyl (C=O) groups excluding carboxylic acids is 3. The molecule has 6 aliphatic rings. The molecule has 5 bridgehead atoms. The first-order valence-electron chi connectivity index (χ1n) is 24.4. The summed E-state index contributed by atoms with van der Waals surface area (Å²) in [6, 6.07) is 0.364. The molecule has 372 valence electrons. The van der Waals surface area contributed by atoms with Gasteiger partial charge in [-0.15, -0.1) is 0 Å². The van der Waals surface area contributed by atoms with E-state index >= 15 is 0 Å². The van der Waals surface area contributed by atoms with E-state index < -0.39 is 65.1 Å². The molecule has 2 aromatic carbocycles. The van der Waals surface area contributed by atoms with Gasteiger partial charge >= 0.3 is 11.9 Å². The number of hydrogen-bond acceptors (Lipinski definition) is 14. The van der Waals surface area contributed by atoms with Crippen LogP contribution < -0.4 is 20.8 Å². The monoisotopic (exact) mass is 943 g/mol. The second-order valence-electron chi connectivity index (χ2n) is 20.9. The summed E-state index contributed by atoms with van der Waals surface area (Å²) in [5, 5.41) is 39.6. The molecule has 16 nitrogen and oxygen atoms in total. The van der Waals surface area contributed by atoms with Gasteiger partial charge < -0.3 is 54.3 Å². The van der Waals surface area contributed by atoms with Crippen LogP contribution in [0.25, 0.3) is 10.8 Å². The molecule has 8 atom stereocenters. The van der Waals surface area contributed by atoms with E-state index in [0.29, 0.717) is 49.9 Å². The van der Waals surface area contributed by atoms with Gasteiger partial charge in [0, 0.05) is 94.0 Å². The number of rotatable bonds is 5. The summed E-state index contributed by atoms with van der Waals surface area (Å²) in [6.07, 6.45) is 8.91. The molecular weight excluding hydrogens is 869 g/mol. The zero-order valence-electron chi connectivity index (χ0n) is 42.1. The molecule has 8 rings (SSSR count). The highest BCUT2D eigenvalue weighted by Crippen LogP contribution is 2.50. The van der Waals surface area contributed by atoms with Crippen molar-refractivity contribution in [3.63, 3.8) is 0 Å². The molecule has 2 fully saturated rings. The molecule has 6 aliphatic heterocycles. The van der Waals surface area contributed by atoms with Crippen molar-refractivity contribution in [2.75, 3.05) is 59.2 Å². The van der Waals surface area contributed by atoms with Gasteiger partial charge in [-0.25, -0.2) is 4.79 Å². The number of methoxy groups -OCH3 is 1. The fraction of sp³-hybridized carbons (Fsp3) is 0.635. The van der Waals surface area contributed by atoms with Gasteiger partial charge in [-0.1, -0.05) is 59.8 Å². The van der Waals surface area contributed by atoms with Crippen LogP contribution in [-0.4, -0.2) is 138 Å². The number of ketones is 1. The molecule has 2 saturated heterocycles. The number of ether oxygens (including phenoxy) is 4. The van der Waals surface area contributed by atoms with E-state index in [1.54, 1.807) is 37.0 Å². The summed E-state index contributed by atoms with van der Waals surface area (Å²) in [6.45, 7) is 20.3. The van der Waals surface area contributed by atoms with Crippen molar-refractivity contribution in [3.8, 4) is 17.2 Å². The van der Waals surface area contributed by atoms with Crippen molar-refractivity contribution in [2.24, 2.45) is 39.6 Å². The third kappa shape index (κ3) is 9.88. The minimum absolute atomic E-state index is 0.0110. The van der Waals surface area contributed by atoms with Gasteiger partial charge in [-0.3, -0.25) is 19.6 Å². The van der Waals surface area contributed by atoms with Crippen LogP contribution in [0.3, 0.4) is 0 Å². The van der Waals surface area contributed by atoms with Crippen LogP contribution in [0.4, 0.5) is 10.5 Å². The number of aliphatic hydroxyl groups excluding tert-OH is 1. The number of fused-ring (bicyclic) bond motifs is 13. The molecule has 1 spiro atoms. The van der Waals surface area contributed by atoms with Crippen molar-refractivity contribution in [1.82, 2.24) is 14.7 Å². The number of Topliss-reactive ketones (excluding diaryl/α,β-unsaturated/α-hetero) is 1. The maximum Gasteiger partial charge on any atom is 0.410 e. The highest BCUT2D eigenvalue weighted by atomic mass is 16.7. The predicted octanol–water partition coefficient (Wildman–Crippen LogP) is 6.38. The minimum atomic E-state index is -1.94. The smallest absolute Gasteiger partial charge is 0.410 e. The number of piperidine rings is 2. The Labute approximate surface area is 400 Å². The fourth-order valence-electron chi connectivity index (χ4n) is 10.8. The fourth-order valence-corrected chi connectivity index (χ4v) is 10.8. The van der Waals surface area contributed by atoms with Gasteiger partial charge in [-0.05, 0) is 71.0 Å². The Morgan fingerprint density at radius 3 is 2.26 bits per heavy atom. The van der Waals surface area contributed by atoms with Crippen molar-refractivity contribution < 1.29 is 48.7 Å². The van der Waals surface area contributed by atoms with E-state index in [-0.39, 0.29) is 61.6 Å². The minimum Gasteiger partial charge on any atom is -0.507 e. The molecule has 16 heteroatoms. The summed E-state index contributed by atoms with van der Waals surface area (Å²) in [5.74, 6) is -4.57. The molecule has 6 heterocycles. The summed E-state index contributed by atoms with van der Waals surface area (Å²) in [5.41, 5.74) is -0.382. The first-order valence-corrected chi connectivity index (χ1v) is 24.4. The van der Waals surface area contributed by atoms with Crippen LogP contribution >= 0.6 is 0 Å². The van der Waals surface area contributed by atoms with Crippen molar-refractivity contribution in [2.45, 2.75) is 130 Å². The molecule has 68 heavy (non-hydrogen) atoms. The number of phenolic OH excluding ortho intramolecular Hbond substituents is 2. The molecule has 4 unspecified atom stereocenters. The molecule has 0 saturated carbocycles. The maximum absolute atomic E-state index is 14.9. The normalized spacial score (nSPS) is 31.2. The van der Waals surface area contributed by atoms with Gasteiger partial charge in [0.2, 0.25) is 0 Å². The van der Waals surface area contributed by atoms with Gasteiger partial charge in [0.15, 0.2) is 11.4 Å². The third-order valence-electron chi connectivity index (χ3n) is 15.0. The topological polar surface area (TPSA) is 195 Å². The molecule has 0 aromatic heterocycles. The quantitative estimate of drug-likeness (QED) is 0.242. The number of nitrogens with zero attached hydrogens (tertiary/aromatic N) is 5. The van der Waals surface area contributed by atoms with E-state index in [0.717, 1.165) is 32.5 Å². The van der Waals surface area contributed by atoms with Crippen molar-refractivity contribution >= 4 is 34.2 Å². The van der Waals surface area contributed by atoms with Gasteiger partial charge in [-0.2, -0.15) is 0 Å². The Bertz CT molecular complexity index is 2490. The summed E-state index contributed by atoms with van der Waals surface area (Å²) in [7, 11) is 5.62. The Kier molecular flexibility index (Phi) is 15.1. The van der Waals surface area contributed by atoms with E-state index in [9.17, 15) is 29.7 Å². The third-order valence-corrected chi connectivity index (χ3v) is 15.0. The zero-order chi connectivity index (χ0) is 49.6. The van der Waals surface area contributed by atoms with Gasteiger partial charge in [0.25, 0.3) is 11.7 Å². The lowest BCUT2D eigenvalue weighted by Crippen LogP contribution is -2.49. The maximum atomic E-state index is 14.9. The number of allylic oxidation sites excluding steroid dienone is 3. The number of aliphatic hydroxyl groups is 1. The highest BCUT2D eigenvalue weighted by molar-refractivity contribution is 6.19. The second-order valence-corrected chi connectivity index (χ2v) is 20.9. The van der Waals surface area contributed by atoms with Crippen LogP contribution in [0.5, 0.6) is 17.2 Å². The predicted molar refractivity (Wildman–Crippen MR) is 259 cm³/mol. The summed E-state index contributed by atoms with van der Waals surface area (Å²) in [4.78, 5) is 59.5. The lowest BCUT2D eigenvalue weighted by Gasteiger charge is -2.39. The number of hydrogen-bond donors (Lipinski definition) is 4. The van der Waals surface area contributed by atoms with E-state index in [1.807, 2.05) is 47.9 Å². The number of amides is 2. The summed E-state index contributed by atoms with van der Waals surface area (Å²) < 4.78 is 25.0. The lowest BCUT2D eigenvalue weighted by atomic mass is 9.79. The average Bonchev–Trinajstić information content (AvgIpc) is 3.80. The van der Waals surface area contributed by atoms with Crippen LogP contribution in [0.2, 0.25) is 0 Å².